The number of likely N-dealkylation sites (N-methyl/N-ethyl adjacent to an activating group) is 2. The third kappa shape index (κ3) is 4.03. The van der Waals surface area contributed by atoms with Crippen molar-refractivity contribution in [2.45, 2.75) is 18.9 Å². The molecule has 112 valence electrons. The van der Waals surface area contributed by atoms with Crippen LogP contribution in [-0.4, -0.2) is 65.6 Å². The standard InChI is InChI=1S/C16H21N3O2/c1-18-9-3-6-14(12-18)19(2)16(21)15-8-7-13(11-17-15)5-4-10-20/h7-8,11,14,20H,3,6,9-10,12H2,1-2H3. The van der Waals surface area contributed by atoms with Gasteiger partial charge in [0.2, 0.25) is 0 Å². The van der Waals surface area contributed by atoms with Crippen molar-refractivity contribution < 1.29 is 9.90 Å². The Labute approximate surface area is 125 Å². The summed E-state index contributed by atoms with van der Waals surface area (Å²) in [6, 6.07) is 3.68. The van der Waals surface area contributed by atoms with Crippen LogP contribution in [0, 0.1) is 11.8 Å². The van der Waals surface area contributed by atoms with Crippen molar-refractivity contribution in [1.82, 2.24) is 14.8 Å². The molecule has 21 heavy (non-hydrogen) atoms. The van der Waals surface area contributed by atoms with Crippen LogP contribution in [0.25, 0.3) is 0 Å². The van der Waals surface area contributed by atoms with Crippen LogP contribution in [-0.2, 0) is 0 Å². The number of carbonyl (C=O) groups is 1. The quantitative estimate of drug-likeness (QED) is 0.809. The highest BCUT2D eigenvalue weighted by molar-refractivity contribution is 5.92. The lowest BCUT2D eigenvalue weighted by Gasteiger charge is -2.35. The molecule has 0 bridgehead atoms. The molecule has 0 aromatic carbocycles. The SMILES string of the molecule is CN1CCCC(N(C)C(=O)c2ccc(C#CCO)cn2)C1. The molecule has 5 nitrogen and oxygen atoms in total. The molecule has 2 rings (SSSR count). The Bertz CT molecular complexity index is 545. The normalized spacial score (nSPS) is 18.7. The van der Waals surface area contributed by atoms with Crippen molar-refractivity contribution in [3.8, 4) is 11.8 Å². The molecule has 1 unspecified atom stereocenters. The van der Waals surface area contributed by atoms with Gasteiger partial charge in [0.25, 0.3) is 5.91 Å². The van der Waals surface area contributed by atoms with Gasteiger partial charge >= 0.3 is 0 Å². The van der Waals surface area contributed by atoms with Gasteiger partial charge in [-0.2, -0.15) is 0 Å². The fourth-order valence-corrected chi connectivity index (χ4v) is 2.54. The fourth-order valence-electron chi connectivity index (χ4n) is 2.54. The van der Waals surface area contributed by atoms with E-state index in [9.17, 15) is 4.79 Å². The predicted molar refractivity (Wildman–Crippen MR) is 80.8 cm³/mol. The zero-order chi connectivity index (χ0) is 15.2. The molecular weight excluding hydrogens is 266 g/mol. The molecule has 1 aliphatic heterocycles. The zero-order valence-corrected chi connectivity index (χ0v) is 12.5. The van der Waals surface area contributed by atoms with Crippen molar-refractivity contribution in [3.63, 3.8) is 0 Å². The average Bonchev–Trinajstić information content (AvgIpc) is 2.52. The van der Waals surface area contributed by atoms with Crippen LogP contribution in [0.5, 0.6) is 0 Å². The molecule has 1 N–H and O–H groups in total. The monoisotopic (exact) mass is 287 g/mol. The first-order valence-electron chi connectivity index (χ1n) is 7.13. The van der Waals surface area contributed by atoms with Crippen molar-refractivity contribution in [2.24, 2.45) is 0 Å². The van der Waals surface area contributed by atoms with E-state index in [0.29, 0.717) is 11.3 Å². The second-order valence-electron chi connectivity index (χ2n) is 5.37. The van der Waals surface area contributed by atoms with E-state index < -0.39 is 0 Å². The Hall–Kier alpha value is -1.90. The van der Waals surface area contributed by atoms with E-state index in [2.05, 4.69) is 28.8 Å². The summed E-state index contributed by atoms with van der Waals surface area (Å²) in [5.41, 5.74) is 1.13. The Kier molecular flexibility index (Phi) is 5.32. The van der Waals surface area contributed by atoms with Crippen LogP contribution < -0.4 is 0 Å². The Morgan fingerprint density at radius 2 is 2.38 bits per heavy atom. The molecule has 0 radical (unpaired) electrons. The highest BCUT2D eigenvalue weighted by Crippen LogP contribution is 2.15. The summed E-state index contributed by atoms with van der Waals surface area (Å²) >= 11 is 0. The number of likely N-dealkylation sites (tertiary alicyclic amines) is 1. The van der Waals surface area contributed by atoms with Crippen molar-refractivity contribution in [2.75, 3.05) is 33.8 Å². The van der Waals surface area contributed by atoms with Gasteiger partial charge in [0.05, 0.1) is 0 Å². The summed E-state index contributed by atoms with van der Waals surface area (Å²) in [6.45, 7) is 1.82. The number of nitrogens with zero attached hydrogens (tertiary/aromatic N) is 3. The first kappa shape index (κ1) is 15.5. The third-order valence-corrected chi connectivity index (χ3v) is 3.76. The summed E-state index contributed by atoms with van der Waals surface area (Å²) in [7, 11) is 3.92. The molecular formula is C16H21N3O2. The smallest absolute Gasteiger partial charge is 0.272 e. The highest BCUT2D eigenvalue weighted by atomic mass is 16.2. The maximum absolute atomic E-state index is 12.4. The predicted octanol–water partition coefficient (Wildman–Crippen LogP) is 0.592. The van der Waals surface area contributed by atoms with Crippen molar-refractivity contribution >= 4 is 5.91 Å². The summed E-state index contributed by atoms with van der Waals surface area (Å²) < 4.78 is 0. The van der Waals surface area contributed by atoms with E-state index in [-0.39, 0.29) is 18.6 Å². The number of aromatic nitrogens is 1. The average molecular weight is 287 g/mol. The van der Waals surface area contributed by atoms with E-state index >= 15 is 0 Å². The number of amides is 1. The lowest BCUT2D eigenvalue weighted by atomic mass is 10.0. The van der Waals surface area contributed by atoms with Gasteiger partial charge in [0, 0.05) is 31.4 Å². The first-order chi connectivity index (χ1) is 10.1. The number of aliphatic hydroxyl groups is 1. The molecule has 1 amide bonds. The van der Waals surface area contributed by atoms with Crippen molar-refractivity contribution in [1.29, 1.82) is 0 Å². The van der Waals surface area contributed by atoms with Crippen LogP contribution in [0.2, 0.25) is 0 Å². The molecule has 0 aliphatic carbocycles. The lowest BCUT2D eigenvalue weighted by Crippen LogP contribution is -2.47. The van der Waals surface area contributed by atoms with Gasteiger partial charge < -0.3 is 14.9 Å². The number of hydrogen-bond donors (Lipinski definition) is 1. The van der Waals surface area contributed by atoms with E-state index in [1.54, 1.807) is 23.2 Å². The Balaban J connectivity index is 2.05. The van der Waals surface area contributed by atoms with Crippen LogP contribution in [0.4, 0.5) is 0 Å². The molecule has 1 atom stereocenters. The van der Waals surface area contributed by atoms with Crippen LogP contribution in [0.3, 0.4) is 0 Å². The third-order valence-electron chi connectivity index (χ3n) is 3.76. The highest BCUT2D eigenvalue weighted by Gasteiger charge is 2.25. The van der Waals surface area contributed by atoms with E-state index in [1.807, 2.05) is 7.05 Å². The first-order valence-corrected chi connectivity index (χ1v) is 7.13. The topological polar surface area (TPSA) is 56.7 Å². The lowest BCUT2D eigenvalue weighted by molar-refractivity contribution is 0.0638. The van der Waals surface area contributed by atoms with Gasteiger partial charge in [-0.1, -0.05) is 11.8 Å². The van der Waals surface area contributed by atoms with Gasteiger partial charge in [0.1, 0.15) is 12.3 Å². The molecule has 0 spiro atoms. The summed E-state index contributed by atoms with van der Waals surface area (Å²) in [5.74, 6) is 5.26. The summed E-state index contributed by atoms with van der Waals surface area (Å²) in [6.07, 6.45) is 3.71. The maximum Gasteiger partial charge on any atom is 0.272 e. The second kappa shape index (κ2) is 7.21. The zero-order valence-electron chi connectivity index (χ0n) is 12.5. The molecule has 0 saturated carbocycles. The number of hydrogen-bond acceptors (Lipinski definition) is 4. The van der Waals surface area contributed by atoms with Gasteiger partial charge in [-0.05, 0) is 38.6 Å². The second-order valence-corrected chi connectivity index (χ2v) is 5.37. The van der Waals surface area contributed by atoms with Gasteiger partial charge in [0.15, 0.2) is 0 Å². The Morgan fingerprint density at radius 3 is 3.00 bits per heavy atom. The fraction of sp³-hybridized carbons (Fsp3) is 0.500. The molecule has 2 heterocycles. The number of carbonyl (C=O) groups excluding carboxylic acids is 1. The van der Waals surface area contributed by atoms with E-state index in [1.165, 1.54) is 0 Å². The minimum atomic E-state index is -0.182. The number of pyridine rings is 1. The Morgan fingerprint density at radius 1 is 1.57 bits per heavy atom. The minimum Gasteiger partial charge on any atom is -0.384 e. The molecule has 1 fully saturated rings. The van der Waals surface area contributed by atoms with E-state index in [4.69, 9.17) is 5.11 Å². The summed E-state index contributed by atoms with van der Waals surface area (Å²) in [5, 5.41) is 8.65. The van der Waals surface area contributed by atoms with Gasteiger partial charge in [-0.25, -0.2) is 4.98 Å². The minimum absolute atomic E-state index is 0.0584. The molecule has 5 heteroatoms. The van der Waals surface area contributed by atoms with Crippen LogP contribution >= 0.6 is 0 Å². The van der Waals surface area contributed by atoms with E-state index in [0.717, 1.165) is 25.9 Å². The largest absolute Gasteiger partial charge is 0.384 e. The number of aliphatic hydroxyl groups excluding tert-OH is 1. The number of rotatable bonds is 2. The summed E-state index contributed by atoms with van der Waals surface area (Å²) in [4.78, 5) is 20.7. The van der Waals surface area contributed by atoms with Gasteiger partial charge in [-0.15, -0.1) is 0 Å². The maximum atomic E-state index is 12.4. The number of piperidine rings is 1. The van der Waals surface area contributed by atoms with Crippen molar-refractivity contribution in [3.05, 3.63) is 29.6 Å². The van der Waals surface area contributed by atoms with Gasteiger partial charge in [-0.3, -0.25) is 4.79 Å². The molecule has 1 aromatic rings. The van der Waals surface area contributed by atoms with Crippen LogP contribution in [0.15, 0.2) is 18.3 Å². The molecule has 1 saturated heterocycles. The molecule has 1 aromatic heterocycles. The molecule has 1 aliphatic rings. The van der Waals surface area contributed by atoms with Crippen LogP contribution in [0.1, 0.15) is 28.9 Å².